The predicted octanol–water partition coefficient (Wildman–Crippen LogP) is 5.07. The number of hydrogen-bond acceptors (Lipinski definition) is 5. The number of rotatable bonds is 3. The molecule has 28 heavy (non-hydrogen) atoms. The third-order valence-electron chi connectivity index (χ3n) is 4.75. The summed E-state index contributed by atoms with van der Waals surface area (Å²) in [6, 6.07) is 17.3. The van der Waals surface area contributed by atoms with E-state index in [4.69, 9.17) is 15.7 Å². The highest BCUT2D eigenvalue weighted by Gasteiger charge is 2.31. The zero-order valence-corrected chi connectivity index (χ0v) is 16.3. The van der Waals surface area contributed by atoms with E-state index < -0.39 is 0 Å². The molecule has 1 aromatic heterocycles. The zero-order chi connectivity index (χ0) is 19.8. The maximum absolute atomic E-state index is 10.6. The van der Waals surface area contributed by atoms with Crippen LogP contribution in [0.15, 0.2) is 54.3 Å². The van der Waals surface area contributed by atoms with Crippen LogP contribution in [0.2, 0.25) is 0 Å². The Bertz CT molecular complexity index is 1130. The molecule has 4 rings (SSSR count). The SMILES string of the molecule is Cc1ccc(-c2nc(C3=C(O)CN(c4ccc(C#N)cc4)C3=N)sc2C)cc1. The van der Waals surface area contributed by atoms with Gasteiger partial charge in [-0.3, -0.25) is 5.41 Å². The van der Waals surface area contributed by atoms with E-state index in [1.807, 2.05) is 26.0 Å². The van der Waals surface area contributed by atoms with Gasteiger partial charge in [-0.25, -0.2) is 4.98 Å². The Morgan fingerprint density at radius 1 is 1.11 bits per heavy atom. The minimum atomic E-state index is 0.138. The van der Waals surface area contributed by atoms with Crippen molar-refractivity contribution in [1.29, 1.82) is 10.7 Å². The molecular weight excluding hydrogens is 368 g/mol. The Hall–Kier alpha value is -3.43. The molecule has 0 radical (unpaired) electrons. The van der Waals surface area contributed by atoms with Gasteiger partial charge in [0, 0.05) is 16.1 Å². The lowest BCUT2D eigenvalue weighted by atomic mass is 10.1. The van der Waals surface area contributed by atoms with Crippen molar-refractivity contribution in [3.63, 3.8) is 0 Å². The van der Waals surface area contributed by atoms with Gasteiger partial charge in [0.2, 0.25) is 0 Å². The summed E-state index contributed by atoms with van der Waals surface area (Å²) in [5.41, 5.74) is 4.88. The molecule has 0 saturated heterocycles. The highest BCUT2D eigenvalue weighted by Crippen LogP contribution is 2.36. The Labute approximate surface area is 167 Å². The molecule has 2 heterocycles. The summed E-state index contributed by atoms with van der Waals surface area (Å²) in [7, 11) is 0. The number of benzene rings is 2. The number of hydrogen-bond donors (Lipinski definition) is 2. The van der Waals surface area contributed by atoms with Gasteiger partial charge >= 0.3 is 0 Å². The lowest BCUT2D eigenvalue weighted by Gasteiger charge is -2.18. The molecule has 138 valence electrons. The van der Waals surface area contributed by atoms with Crippen molar-refractivity contribution in [3.05, 3.63) is 75.3 Å². The molecule has 1 aliphatic rings. The van der Waals surface area contributed by atoms with Crippen LogP contribution in [0, 0.1) is 30.6 Å². The summed E-state index contributed by atoms with van der Waals surface area (Å²) < 4.78 is 0. The van der Waals surface area contributed by atoms with Gasteiger partial charge in [-0.05, 0) is 38.1 Å². The number of nitriles is 1. The second-order valence-electron chi connectivity index (χ2n) is 6.70. The summed E-state index contributed by atoms with van der Waals surface area (Å²) in [5.74, 6) is 0.352. The van der Waals surface area contributed by atoms with E-state index in [-0.39, 0.29) is 18.1 Å². The van der Waals surface area contributed by atoms with Crippen LogP contribution in [0.5, 0.6) is 0 Å². The monoisotopic (exact) mass is 386 g/mol. The number of anilines is 1. The van der Waals surface area contributed by atoms with Crippen LogP contribution in [-0.4, -0.2) is 22.5 Å². The predicted molar refractivity (Wildman–Crippen MR) is 113 cm³/mol. The molecule has 2 aromatic carbocycles. The molecule has 0 saturated carbocycles. The molecule has 0 spiro atoms. The van der Waals surface area contributed by atoms with E-state index in [0.29, 0.717) is 16.1 Å². The minimum Gasteiger partial charge on any atom is -0.510 e. The number of aliphatic hydroxyl groups is 1. The van der Waals surface area contributed by atoms with Crippen molar-refractivity contribution in [2.45, 2.75) is 13.8 Å². The average Bonchev–Trinajstić information content (AvgIpc) is 3.21. The topological polar surface area (TPSA) is 84.0 Å². The van der Waals surface area contributed by atoms with Gasteiger partial charge in [-0.15, -0.1) is 11.3 Å². The highest BCUT2D eigenvalue weighted by molar-refractivity contribution is 7.13. The molecule has 0 amide bonds. The number of aliphatic hydroxyl groups excluding tert-OH is 1. The van der Waals surface area contributed by atoms with Gasteiger partial charge in [0.15, 0.2) is 0 Å². The van der Waals surface area contributed by atoms with Crippen LogP contribution < -0.4 is 4.90 Å². The van der Waals surface area contributed by atoms with Crippen molar-refractivity contribution in [3.8, 4) is 17.3 Å². The first-order valence-electron chi connectivity index (χ1n) is 8.81. The molecule has 5 nitrogen and oxygen atoms in total. The maximum atomic E-state index is 10.6. The van der Waals surface area contributed by atoms with Gasteiger partial charge in [-0.1, -0.05) is 29.8 Å². The smallest absolute Gasteiger partial charge is 0.139 e. The van der Waals surface area contributed by atoms with E-state index in [1.165, 1.54) is 16.9 Å². The lowest BCUT2D eigenvalue weighted by Crippen LogP contribution is -2.25. The molecule has 0 aliphatic carbocycles. The number of aryl methyl sites for hydroxylation is 2. The fourth-order valence-electron chi connectivity index (χ4n) is 3.22. The fourth-order valence-corrected chi connectivity index (χ4v) is 4.23. The van der Waals surface area contributed by atoms with Crippen LogP contribution in [0.1, 0.15) is 21.0 Å². The van der Waals surface area contributed by atoms with Crippen LogP contribution >= 0.6 is 11.3 Å². The van der Waals surface area contributed by atoms with E-state index in [9.17, 15) is 5.11 Å². The lowest BCUT2D eigenvalue weighted by molar-refractivity contribution is 0.411. The summed E-state index contributed by atoms with van der Waals surface area (Å²) in [5, 5.41) is 28.8. The third-order valence-corrected chi connectivity index (χ3v) is 5.74. The molecule has 0 atom stereocenters. The van der Waals surface area contributed by atoms with Crippen molar-refractivity contribution < 1.29 is 5.11 Å². The highest BCUT2D eigenvalue weighted by atomic mass is 32.1. The molecule has 3 aromatic rings. The normalized spacial score (nSPS) is 13.9. The molecular formula is C22H18N4OS. The molecule has 0 unspecified atom stereocenters. The summed E-state index contributed by atoms with van der Waals surface area (Å²) >= 11 is 1.48. The molecule has 0 fully saturated rings. The first kappa shape index (κ1) is 18.0. The van der Waals surface area contributed by atoms with Gasteiger partial charge in [-0.2, -0.15) is 5.26 Å². The number of aromatic nitrogens is 1. The second-order valence-corrected chi connectivity index (χ2v) is 7.91. The molecule has 6 heteroatoms. The van der Waals surface area contributed by atoms with Gasteiger partial charge in [0.25, 0.3) is 0 Å². The Morgan fingerprint density at radius 3 is 2.43 bits per heavy atom. The number of nitrogens with one attached hydrogen (secondary N) is 1. The summed E-state index contributed by atoms with van der Waals surface area (Å²) in [6.45, 7) is 4.27. The quantitative estimate of drug-likeness (QED) is 0.658. The average molecular weight is 386 g/mol. The first-order valence-corrected chi connectivity index (χ1v) is 9.63. The number of thiazole rings is 1. The summed E-state index contributed by atoms with van der Waals surface area (Å²) in [4.78, 5) is 7.50. The third kappa shape index (κ3) is 3.06. The zero-order valence-electron chi connectivity index (χ0n) is 15.5. The van der Waals surface area contributed by atoms with Gasteiger partial charge < -0.3 is 10.0 Å². The van der Waals surface area contributed by atoms with Crippen LogP contribution in [0.4, 0.5) is 5.69 Å². The number of nitrogens with zero attached hydrogens (tertiary/aromatic N) is 3. The molecule has 2 N–H and O–H groups in total. The maximum Gasteiger partial charge on any atom is 0.139 e. The standard InChI is InChI=1S/C22H18N4OS/c1-13-3-7-16(8-4-13)20-14(2)28-22(25-20)19-18(27)12-26(21(19)24)17-9-5-15(11-23)6-10-17/h3-10,24,27H,12H2,1-2H3. The van der Waals surface area contributed by atoms with E-state index >= 15 is 0 Å². The van der Waals surface area contributed by atoms with Gasteiger partial charge in [0.1, 0.15) is 16.6 Å². The Morgan fingerprint density at radius 2 is 1.79 bits per heavy atom. The summed E-state index contributed by atoms with van der Waals surface area (Å²) in [6.07, 6.45) is 0. The second kappa shape index (κ2) is 6.95. The first-order chi connectivity index (χ1) is 13.5. The van der Waals surface area contributed by atoms with Crippen LogP contribution in [0.25, 0.3) is 16.8 Å². The molecule has 1 aliphatic heterocycles. The fraction of sp³-hybridized carbons (Fsp3) is 0.136. The molecule has 0 bridgehead atoms. The van der Waals surface area contributed by atoms with E-state index in [2.05, 4.69) is 18.2 Å². The van der Waals surface area contributed by atoms with Gasteiger partial charge in [0.05, 0.1) is 29.4 Å². The van der Waals surface area contributed by atoms with Crippen molar-refractivity contribution in [2.75, 3.05) is 11.4 Å². The van der Waals surface area contributed by atoms with Crippen LogP contribution in [-0.2, 0) is 0 Å². The van der Waals surface area contributed by atoms with Crippen molar-refractivity contribution in [1.82, 2.24) is 4.98 Å². The van der Waals surface area contributed by atoms with Crippen LogP contribution in [0.3, 0.4) is 0 Å². The Kier molecular flexibility index (Phi) is 4.46. The number of amidine groups is 1. The van der Waals surface area contributed by atoms with E-state index in [0.717, 1.165) is 21.8 Å². The Balaban J connectivity index is 1.67. The largest absolute Gasteiger partial charge is 0.510 e. The van der Waals surface area contributed by atoms with Crippen molar-refractivity contribution in [2.24, 2.45) is 0 Å². The van der Waals surface area contributed by atoms with E-state index in [1.54, 1.807) is 29.2 Å². The van der Waals surface area contributed by atoms with Crippen molar-refractivity contribution >= 4 is 28.4 Å². The minimum absolute atomic E-state index is 0.138.